The van der Waals surface area contributed by atoms with Gasteiger partial charge >= 0.3 is 0 Å². The van der Waals surface area contributed by atoms with Gasteiger partial charge in [-0.15, -0.1) is 0 Å². The Morgan fingerprint density at radius 1 is 1.80 bits per heavy atom. The summed E-state index contributed by atoms with van der Waals surface area (Å²) in [6, 6.07) is 0. The molecule has 0 bridgehead atoms. The average Bonchev–Trinajstić information content (AvgIpc) is 2.06. The number of carbonyl (C=O) groups is 1. The molecule has 2 aliphatic rings. The molecule has 10 heavy (non-hydrogen) atoms. The lowest BCUT2D eigenvalue weighted by Crippen LogP contribution is -2.38. The van der Waals surface area contributed by atoms with Crippen molar-refractivity contribution in [3.8, 4) is 0 Å². The molecule has 0 aliphatic heterocycles. The number of aliphatic hydroxyl groups excluding tert-OH is 1. The molecular formula is C8H10O2. The Labute approximate surface area is 59.5 Å². The van der Waals surface area contributed by atoms with Gasteiger partial charge in [0, 0.05) is 6.42 Å². The number of Topliss-reactive ketones (excluding diaryl/α,β-unsaturated/α-hetero) is 1. The fourth-order valence-corrected chi connectivity index (χ4v) is 1.90. The van der Waals surface area contributed by atoms with Gasteiger partial charge in [-0.2, -0.15) is 0 Å². The van der Waals surface area contributed by atoms with Crippen LogP contribution in [-0.4, -0.2) is 17.5 Å². The summed E-state index contributed by atoms with van der Waals surface area (Å²) in [7, 11) is 0. The fourth-order valence-electron chi connectivity index (χ4n) is 1.90. The van der Waals surface area contributed by atoms with Crippen LogP contribution in [0, 0.1) is 11.3 Å². The fraction of sp³-hybridized carbons (Fsp3) is 0.625. The molecule has 0 aromatic rings. The Kier molecular flexibility index (Phi) is 1.04. The van der Waals surface area contributed by atoms with Gasteiger partial charge in [-0.05, 0) is 12.3 Å². The Balaban J connectivity index is 2.34. The lowest BCUT2D eigenvalue weighted by molar-refractivity contribution is -0.126. The Morgan fingerprint density at radius 3 is 2.90 bits per heavy atom. The van der Waals surface area contributed by atoms with Crippen LogP contribution in [0.4, 0.5) is 0 Å². The Bertz CT molecular complexity index is 207. The van der Waals surface area contributed by atoms with Crippen LogP contribution in [0.3, 0.4) is 0 Å². The van der Waals surface area contributed by atoms with E-state index in [-0.39, 0.29) is 12.4 Å². The summed E-state index contributed by atoms with van der Waals surface area (Å²) in [6.45, 7) is 0.00694. The van der Waals surface area contributed by atoms with Crippen molar-refractivity contribution in [2.24, 2.45) is 11.3 Å². The largest absolute Gasteiger partial charge is 0.395 e. The molecule has 1 N–H and O–H groups in total. The lowest BCUT2D eigenvalue weighted by Gasteiger charge is -2.34. The van der Waals surface area contributed by atoms with Gasteiger partial charge in [-0.3, -0.25) is 4.79 Å². The third-order valence-electron chi connectivity index (χ3n) is 2.75. The van der Waals surface area contributed by atoms with E-state index in [0.29, 0.717) is 12.3 Å². The van der Waals surface area contributed by atoms with Gasteiger partial charge < -0.3 is 5.11 Å². The number of carbonyl (C=O) groups excluding carboxylic acids is 1. The van der Waals surface area contributed by atoms with Crippen molar-refractivity contribution in [2.45, 2.75) is 12.8 Å². The number of aliphatic hydroxyl groups is 1. The topological polar surface area (TPSA) is 37.3 Å². The minimum Gasteiger partial charge on any atom is -0.395 e. The van der Waals surface area contributed by atoms with Crippen LogP contribution < -0.4 is 0 Å². The van der Waals surface area contributed by atoms with E-state index in [1.165, 1.54) is 0 Å². The summed E-state index contributed by atoms with van der Waals surface area (Å²) in [5, 5.41) is 8.95. The highest BCUT2D eigenvalue weighted by Gasteiger charge is 2.51. The molecule has 1 fully saturated rings. The molecule has 0 aromatic carbocycles. The maximum atomic E-state index is 11.2. The van der Waals surface area contributed by atoms with Crippen molar-refractivity contribution >= 4 is 5.78 Å². The summed E-state index contributed by atoms with van der Waals surface area (Å²) in [5.74, 6) is 0.576. The second kappa shape index (κ2) is 1.70. The van der Waals surface area contributed by atoms with Crippen molar-refractivity contribution in [2.75, 3.05) is 6.61 Å². The van der Waals surface area contributed by atoms with Crippen LogP contribution in [-0.2, 0) is 4.79 Å². The van der Waals surface area contributed by atoms with Crippen molar-refractivity contribution in [1.82, 2.24) is 0 Å². The Hall–Kier alpha value is -0.630. The molecule has 2 nitrogen and oxygen atoms in total. The molecule has 2 rings (SSSR count). The number of hydrogen-bond acceptors (Lipinski definition) is 2. The standard InChI is InChI=1S/C8H10O2/c9-5-8-4-3-6(8)1-2-7(8)10/h3-4,6,9H,1-2,5H2/t6-,8-/m0/s1. The number of fused-ring (bicyclic) bond motifs is 1. The van der Waals surface area contributed by atoms with Crippen molar-refractivity contribution in [3.05, 3.63) is 12.2 Å². The zero-order chi connectivity index (χ0) is 7.19. The number of hydrogen-bond donors (Lipinski definition) is 1. The van der Waals surface area contributed by atoms with E-state index < -0.39 is 5.41 Å². The highest BCUT2D eigenvalue weighted by molar-refractivity contribution is 5.91. The summed E-state index contributed by atoms with van der Waals surface area (Å²) in [4.78, 5) is 11.2. The molecule has 0 unspecified atom stereocenters. The highest BCUT2D eigenvalue weighted by Crippen LogP contribution is 2.48. The summed E-state index contributed by atoms with van der Waals surface area (Å²) in [6.07, 6.45) is 5.47. The quantitative estimate of drug-likeness (QED) is 0.536. The normalized spacial score (nSPS) is 43.3. The van der Waals surface area contributed by atoms with Crippen LogP contribution in [0.5, 0.6) is 0 Å². The van der Waals surface area contributed by atoms with Crippen molar-refractivity contribution in [3.63, 3.8) is 0 Å². The molecule has 2 heteroatoms. The van der Waals surface area contributed by atoms with E-state index in [0.717, 1.165) is 6.42 Å². The van der Waals surface area contributed by atoms with Gasteiger partial charge in [0.15, 0.2) is 0 Å². The van der Waals surface area contributed by atoms with E-state index in [4.69, 9.17) is 5.11 Å². The maximum Gasteiger partial charge on any atom is 0.145 e. The van der Waals surface area contributed by atoms with E-state index in [1.807, 2.05) is 12.2 Å². The predicted molar refractivity (Wildman–Crippen MR) is 36.4 cm³/mol. The zero-order valence-electron chi connectivity index (χ0n) is 5.71. The molecule has 0 heterocycles. The van der Waals surface area contributed by atoms with E-state index in [9.17, 15) is 4.79 Å². The maximum absolute atomic E-state index is 11.2. The second-order valence-electron chi connectivity index (χ2n) is 3.13. The molecule has 0 aromatic heterocycles. The van der Waals surface area contributed by atoms with Crippen LogP contribution >= 0.6 is 0 Å². The number of rotatable bonds is 1. The molecule has 2 atom stereocenters. The molecule has 0 amide bonds. The molecule has 1 saturated carbocycles. The van der Waals surface area contributed by atoms with E-state index in [1.54, 1.807) is 0 Å². The van der Waals surface area contributed by atoms with Crippen molar-refractivity contribution < 1.29 is 9.90 Å². The van der Waals surface area contributed by atoms with Gasteiger partial charge in [0.05, 0.1) is 12.0 Å². The smallest absolute Gasteiger partial charge is 0.145 e. The number of ketones is 1. The van der Waals surface area contributed by atoms with Gasteiger partial charge in [0.1, 0.15) is 5.78 Å². The van der Waals surface area contributed by atoms with Crippen LogP contribution in [0.2, 0.25) is 0 Å². The molecular weight excluding hydrogens is 128 g/mol. The van der Waals surface area contributed by atoms with Gasteiger partial charge in [0.25, 0.3) is 0 Å². The van der Waals surface area contributed by atoms with Gasteiger partial charge in [-0.25, -0.2) is 0 Å². The average molecular weight is 138 g/mol. The first-order chi connectivity index (χ1) is 4.79. The minimum absolute atomic E-state index is 0.00694. The molecule has 54 valence electrons. The van der Waals surface area contributed by atoms with Gasteiger partial charge in [-0.1, -0.05) is 12.2 Å². The molecule has 2 aliphatic carbocycles. The van der Waals surface area contributed by atoms with Crippen LogP contribution in [0.15, 0.2) is 12.2 Å². The third kappa shape index (κ3) is 0.465. The monoisotopic (exact) mass is 138 g/mol. The zero-order valence-corrected chi connectivity index (χ0v) is 5.71. The molecule has 0 radical (unpaired) electrons. The molecule has 0 spiro atoms. The highest BCUT2D eigenvalue weighted by atomic mass is 16.3. The summed E-state index contributed by atoms with van der Waals surface area (Å²) >= 11 is 0. The SMILES string of the molecule is O=C1CC[C@H]2C=C[C@@]12CO. The summed E-state index contributed by atoms with van der Waals surface area (Å²) in [5.41, 5.74) is -0.431. The van der Waals surface area contributed by atoms with Crippen LogP contribution in [0.1, 0.15) is 12.8 Å². The first kappa shape index (κ1) is 6.10. The second-order valence-corrected chi connectivity index (χ2v) is 3.13. The first-order valence-electron chi connectivity index (χ1n) is 3.63. The van der Waals surface area contributed by atoms with E-state index >= 15 is 0 Å². The summed E-state index contributed by atoms with van der Waals surface area (Å²) < 4.78 is 0. The third-order valence-corrected chi connectivity index (χ3v) is 2.75. The van der Waals surface area contributed by atoms with E-state index in [2.05, 4.69) is 0 Å². The number of allylic oxidation sites excluding steroid dienone is 1. The lowest BCUT2D eigenvalue weighted by atomic mass is 9.69. The minimum atomic E-state index is -0.431. The Morgan fingerprint density at radius 2 is 2.60 bits per heavy atom. The predicted octanol–water partition coefficient (Wildman–Crippen LogP) is 0.514. The molecule has 0 saturated heterocycles. The first-order valence-corrected chi connectivity index (χ1v) is 3.63. The van der Waals surface area contributed by atoms with Gasteiger partial charge in [0.2, 0.25) is 0 Å². The van der Waals surface area contributed by atoms with Crippen molar-refractivity contribution in [1.29, 1.82) is 0 Å². The van der Waals surface area contributed by atoms with Crippen LogP contribution in [0.25, 0.3) is 0 Å².